The van der Waals surface area contributed by atoms with Crippen molar-refractivity contribution in [1.29, 1.82) is 0 Å². The fourth-order valence-electron chi connectivity index (χ4n) is 2.87. The van der Waals surface area contributed by atoms with Gasteiger partial charge in [-0.05, 0) is 37.6 Å². The van der Waals surface area contributed by atoms with Crippen LogP contribution < -0.4 is 15.5 Å². The highest BCUT2D eigenvalue weighted by Crippen LogP contribution is 2.20. The van der Waals surface area contributed by atoms with Crippen molar-refractivity contribution >= 4 is 17.4 Å². The summed E-state index contributed by atoms with van der Waals surface area (Å²) in [5.41, 5.74) is 1.94. The molecule has 2 N–H and O–H groups in total. The lowest BCUT2D eigenvalue weighted by Crippen LogP contribution is -2.41. The normalized spacial score (nSPS) is 17.3. The second-order valence-electron chi connectivity index (χ2n) is 6.21. The number of hydrogen-bond acceptors (Lipinski definition) is 4. The molecule has 2 amide bonds. The molecule has 1 fully saturated rings. The van der Waals surface area contributed by atoms with Crippen molar-refractivity contribution < 1.29 is 9.53 Å². The first kappa shape index (κ1) is 17.3. The van der Waals surface area contributed by atoms with Gasteiger partial charge in [-0.3, -0.25) is 0 Å². The zero-order valence-electron chi connectivity index (χ0n) is 14.5. The van der Waals surface area contributed by atoms with Crippen molar-refractivity contribution in [1.82, 2.24) is 14.9 Å². The highest BCUT2D eigenvalue weighted by atomic mass is 16.5. The molecule has 1 aliphatic rings. The maximum atomic E-state index is 11.9. The number of rotatable bonds is 6. The third-order valence-electron chi connectivity index (χ3n) is 4.17. The quantitative estimate of drug-likeness (QED) is 0.790. The van der Waals surface area contributed by atoms with Crippen LogP contribution in [0.5, 0.6) is 0 Å². The first-order valence-electron chi connectivity index (χ1n) is 8.68. The molecular weight excluding hydrogens is 318 g/mol. The first-order valence-corrected chi connectivity index (χ1v) is 8.68. The Kier molecular flexibility index (Phi) is 5.90. The van der Waals surface area contributed by atoms with Crippen LogP contribution >= 0.6 is 0 Å². The van der Waals surface area contributed by atoms with E-state index in [1.54, 1.807) is 12.5 Å². The smallest absolute Gasteiger partial charge is 0.319 e. The average molecular weight is 343 g/mol. The Bertz CT molecular complexity index is 657. The van der Waals surface area contributed by atoms with Gasteiger partial charge in [0.2, 0.25) is 0 Å². The number of aromatic nitrogens is 2. The van der Waals surface area contributed by atoms with Crippen LogP contribution in [-0.2, 0) is 11.3 Å². The summed E-state index contributed by atoms with van der Waals surface area (Å²) in [4.78, 5) is 18.2. The molecule has 0 spiro atoms. The summed E-state index contributed by atoms with van der Waals surface area (Å²) < 4.78 is 7.56. The van der Waals surface area contributed by atoms with Crippen LogP contribution in [0.4, 0.5) is 16.2 Å². The summed E-state index contributed by atoms with van der Waals surface area (Å²) in [6, 6.07) is 7.75. The molecule has 1 aromatic carbocycles. The number of nitrogens with zero attached hydrogens (tertiary/aromatic N) is 3. The van der Waals surface area contributed by atoms with E-state index in [0.29, 0.717) is 6.54 Å². The van der Waals surface area contributed by atoms with Gasteiger partial charge in [-0.2, -0.15) is 0 Å². The minimum atomic E-state index is -0.182. The zero-order chi connectivity index (χ0) is 17.5. The van der Waals surface area contributed by atoms with E-state index in [1.807, 2.05) is 35.0 Å². The molecule has 3 rings (SSSR count). The van der Waals surface area contributed by atoms with E-state index in [0.717, 1.165) is 44.0 Å². The van der Waals surface area contributed by atoms with E-state index in [1.165, 1.54) is 0 Å². The van der Waals surface area contributed by atoms with Crippen LogP contribution in [0.1, 0.15) is 13.3 Å². The van der Waals surface area contributed by atoms with Crippen LogP contribution in [0, 0.1) is 0 Å². The zero-order valence-corrected chi connectivity index (χ0v) is 14.5. The summed E-state index contributed by atoms with van der Waals surface area (Å²) >= 11 is 0. The number of aryl methyl sites for hydroxylation is 1. The lowest BCUT2D eigenvalue weighted by atomic mass is 10.2. The van der Waals surface area contributed by atoms with Gasteiger partial charge >= 0.3 is 6.03 Å². The van der Waals surface area contributed by atoms with Crippen molar-refractivity contribution in [2.75, 3.05) is 36.5 Å². The molecule has 0 aliphatic carbocycles. The molecular formula is C18H25N5O2. The van der Waals surface area contributed by atoms with Crippen molar-refractivity contribution in [3.8, 4) is 0 Å². The number of hydrogen-bond donors (Lipinski definition) is 2. The second kappa shape index (κ2) is 8.53. The minimum Gasteiger partial charge on any atom is -0.375 e. The molecule has 1 unspecified atom stereocenters. The van der Waals surface area contributed by atoms with Gasteiger partial charge in [0.25, 0.3) is 0 Å². The number of ether oxygens (including phenoxy) is 1. The van der Waals surface area contributed by atoms with Gasteiger partial charge < -0.3 is 24.8 Å². The number of carbonyl (C=O) groups excluding carboxylic acids is 1. The lowest BCUT2D eigenvalue weighted by molar-refractivity contribution is 0.0532. The van der Waals surface area contributed by atoms with E-state index in [4.69, 9.17) is 4.74 Å². The number of amides is 2. The Morgan fingerprint density at radius 2 is 2.20 bits per heavy atom. The topological polar surface area (TPSA) is 71.4 Å². The van der Waals surface area contributed by atoms with Crippen LogP contribution in [0.15, 0.2) is 43.0 Å². The van der Waals surface area contributed by atoms with E-state index in [2.05, 4.69) is 27.4 Å². The van der Waals surface area contributed by atoms with Crippen LogP contribution in [0.25, 0.3) is 0 Å². The monoisotopic (exact) mass is 343 g/mol. The molecule has 0 radical (unpaired) electrons. The molecule has 2 aromatic rings. The van der Waals surface area contributed by atoms with E-state index < -0.39 is 0 Å². The average Bonchev–Trinajstić information content (AvgIpc) is 3.13. The minimum absolute atomic E-state index is 0.182. The van der Waals surface area contributed by atoms with Crippen molar-refractivity contribution in [3.63, 3.8) is 0 Å². The predicted octanol–water partition coefficient (Wildman–Crippen LogP) is 2.32. The molecule has 134 valence electrons. The summed E-state index contributed by atoms with van der Waals surface area (Å²) in [6.45, 7) is 6.08. The van der Waals surface area contributed by atoms with Crippen molar-refractivity contribution in [2.24, 2.45) is 0 Å². The number of anilines is 2. The molecule has 7 nitrogen and oxygen atoms in total. The van der Waals surface area contributed by atoms with Gasteiger partial charge in [0.1, 0.15) is 0 Å². The number of imidazole rings is 1. The molecule has 2 heterocycles. The highest BCUT2D eigenvalue weighted by molar-refractivity contribution is 5.89. The van der Waals surface area contributed by atoms with Crippen LogP contribution in [-0.4, -0.2) is 47.9 Å². The molecule has 25 heavy (non-hydrogen) atoms. The Labute approximate surface area is 148 Å². The standard InChI is InChI=1S/C18H25N5O2/c1-15-13-23(11-12-25-15)17-5-3-16(4-6-17)21-18(24)20-7-2-9-22-10-8-19-14-22/h3-6,8,10,14-15H,2,7,9,11-13H2,1H3,(H2,20,21,24). The number of carbonyl (C=O) groups is 1. The summed E-state index contributed by atoms with van der Waals surface area (Å²) in [5, 5.41) is 5.73. The fourth-order valence-corrected chi connectivity index (χ4v) is 2.87. The molecule has 7 heteroatoms. The molecule has 1 atom stereocenters. The van der Waals surface area contributed by atoms with Gasteiger partial charge in [0.05, 0.1) is 19.0 Å². The Morgan fingerprint density at radius 3 is 2.92 bits per heavy atom. The molecule has 1 aromatic heterocycles. The van der Waals surface area contributed by atoms with Gasteiger partial charge in [0.15, 0.2) is 0 Å². The lowest BCUT2D eigenvalue weighted by Gasteiger charge is -2.33. The van der Waals surface area contributed by atoms with Gasteiger partial charge in [-0.15, -0.1) is 0 Å². The van der Waals surface area contributed by atoms with Gasteiger partial charge in [-0.25, -0.2) is 9.78 Å². The second-order valence-corrected chi connectivity index (χ2v) is 6.21. The maximum Gasteiger partial charge on any atom is 0.319 e. The predicted molar refractivity (Wildman–Crippen MR) is 97.9 cm³/mol. The fraction of sp³-hybridized carbons (Fsp3) is 0.444. The van der Waals surface area contributed by atoms with Crippen molar-refractivity contribution in [2.45, 2.75) is 26.0 Å². The Hall–Kier alpha value is -2.54. The van der Waals surface area contributed by atoms with Gasteiger partial charge in [-0.1, -0.05) is 0 Å². The van der Waals surface area contributed by atoms with Crippen molar-refractivity contribution in [3.05, 3.63) is 43.0 Å². The third-order valence-corrected chi connectivity index (χ3v) is 4.17. The summed E-state index contributed by atoms with van der Waals surface area (Å²) in [6.07, 6.45) is 6.55. The van der Waals surface area contributed by atoms with Crippen LogP contribution in [0.3, 0.4) is 0 Å². The third kappa shape index (κ3) is 5.22. The molecule has 1 saturated heterocycles. The number of morpholine rings is 1. The molecule has 0 bridgehead atoms. The summed E-state index contributed by atoms with van der Waals surface area (Å²) in [7, 11) is 0. The van der Waals surface area contributed by atoms with Gasteiger partial charge in [0, 0.05) is 49.9 Å². The van der Waals surface area contributed by atoms with E-state index in [9.17, 15) is 4.79 Å². The van der Waals surface area contributed by atoms with Crippen LogP contribution in [0.2, 0.25) is 0 Å². The number of urea groups is 1. The Balaban J connectivity index is 1.40. The highest BCUT2D eigenvalue weighted by Gasteiger charge is 2.16. The first-order chi connectivity index (χ1) is 12.2. The Morgan fingerprint density at radius 1 is 1.36 bits per heavy atom. The summed E-state index contributed by atoms with van der Waals surface area (Å²) in [5.74, 6) is 0. The van der Waals surface area contributed by atoms with E-state index in [-0.39, 0.29) is 12.1 Å². The van der Waals surface area contributed by atoms with E-state index >= 15 is 0 Å². The number of benzene rings is 1. The largest absolute Gasteiger partial charge is 0.375 e. The SMILES string of the molecule is CC1CN(c2ccc(NC(=O)NCCCn3ccnc3)cc2)CCO1. The maximum absolute atomic E-state index is 11.9. The molecule has 1 aliphatic heterocycles. The number of nitrogens with one attached hydrogen (secondary N) is 2. The molecule has 0 saturated carbocycles.